The van der Waals surface area contributed by atoms with E-state index in [1.807, 2.05) is 45.0 Å². The second kappa shape index (κ2) is 14.1. The molecule has 2 heterocycles. The Hall–Kier alpha value is -4.56. The maximum Gasteiger partial charge on any atom is 0.333 e. The number of benzene rings is 1. The summed E-state index contributed by atoms with van der Waals surface area (Å²) in [5, 5.41) is 11.1. The first-order chi connectivity index (χ1) is 20.3. The van der Waals surface area contributed by atoms with Gasteiger partial charge in [-0.25, -0.2) is 14.4 Å². The predicted octanol–water partition coefficient (Wildman–Crippen LogP) is 4.44. The van der Waals surface area contributed by atoms with Crippen LogP contribution in [0.1, 0.15) is 65.0 Å². The molecule has 10 nitrogen and oxygen atoms in total. The normalized spacial score (nSPS) is 13.2. The van der Waals surface area contributed by atoms with Gasteiger partial charge >= 0.3 is 17.6 Å². The lowest BCUT2D eigenvalue weighted by molar-refractivity contribution is -0.140. The highest BCUT2D eigenvalue weighted by atomic mass is 16.5. The lowest BCUT2D eigenvalue weighted by Crippen LogP contribution is -2.42. The number of hydrogen-bond donors (Lipinski definition) is 1. The number of anilines is 1. The third kappa shape index (κ3) is 7.27. The second-order valence-corrected chi connectivity index (χ2v) is 11.1. The van der Waals surface area contributed by atoms with Gasteiger partial charge in [0.05, 0.1) is 18.8 Å². The van der Waals surface area contributed by atoms with E-state index in [0.717, 1.165) is 32.5 Å². The number of aromatic hydroxyl groups is 1. The predicted molar refractivity (Wildman–Crippen MR) is 166 cm³/mol. The van der Waals surface area contributed by atoms with Crippen LogP contribution in [0.25, 0.3) is 6.08 Å². The van der Waals surface area contributed by atoms with E-state index in [4.69, 9.17) is 9.47 Å². The smallest absolute Gasteiger partial charge is 0.333 e. The maximum absolute atomic E-state index is 13.5. The number of fused-ring (bicyclic) bond motifs is 1. The fourth-order valence-corrected chi connectivity index (χ4v) is 4.87. The molecule has 1 aliphatic rings. The van der Waals surface area contributed by atoms with Crippen LogP contribution < -0.4 is 16.1 Å². The number of ether oxygens (including phenoxy) is 2. The molecule has 0 radical (unpaired) electrons. The van der Waals surface area contributed by atoms with E-state index in [0.29, 0.717) is 25.0 Å². The van der Waals surface area contributed by atoms with Gasteiger partial charge in [-0.1, -0.05) is 50.4 Å². The third-order valence-electron chi connectivity index (χ3n) is 7.26. The van der Waals surface area contributed by atoms with Gasteiger partial charge < -0.3 is 19.5 Å². The molecule has 1 aromatic heterocycles. The van der Waals surface area contributed by atoms with E-state index in [1.165, 1.54) is 13.0 Å². The Labute approximate surface area is 251 Å². The molecular weight excluding hydrogens is 550 g/mol. The highest BCUT2D eigenvalue weighted by molar-refractivity contribution is 5.87. The number of hydrogen-bond acceptors (Lipinski definition) is 8. The van der Waals surface area contributed by atoms with Crippen LogP contribution in [0, 0.1) is 0 Å². The number of carbonyl (C=O) groups excluding carboxylic acids is 2. The molecule has 1 aromatic carbocycles. The van der Waals surface area contributed by atoms with Crippen molar-refractivity contribution in [3.05, 3.63) is 92.0 Å². The van der Waals surface area contributed by atoms with Crippen LogP contribution in [0.2, 0.25) is 0 Å². The molecule has 1 N–H and O–H groups in total. The van der Waals surface area contributed by atoms with Gasteiger partial charge in [0.25, 0.3) is 5.56 Å². The van der Waals surface area contributed by atoms with E-state index in [2.05, 4.69) is 23.8 Å². The Kier molecular flexibility index (Phi) is 10.8. The summed E-state index contributed by atoms with van der Waals surface area (Å²) >= 11 is 0. The molecule has 2 aromatic rings. The number of allylic oxidation sites excluding steroid dienone is 1. The minimum atomic E-state index is -0.721. The van der Waals surface area contributed by atoms with Crippen LogP contribution in [-0.2, 0) is 37.6 Å². The van der Waals surface area contributed by atoms with Crippen molar-refractivity contribution < 1.29 is 24.2 Å². The van der Waals surface area contributed by atoms with Crippen molar-refractivity contribution in [3.8, 4) is 5.88 Å². The molecule has 3 rings (SSSR count). The monoisotopic (exact) mass is 591 g/mol. The quantitative estimate of drug-likeness (QED) is 0.157. The Balaban J connectivity index is 2.08. The van der Waals surface area contributed by atoms with Crippen molar-refractivity contribution in [2.24, 2.45) is 0 Å². The molecule has 0 spiro atoms. The summed E-state index contributed by atoms with van der Waals surface area (Å²) in [4.78, 5) is 52.5. The Morgan fingerprint density at radius 3 is 2.21 bits per heavy atom. The minimum absolute atomic E-state index is 0.100. The van der Waals surface area contributed by atoms with Crippen LogP contribution in [0.5, 0.6) is 5.88 Å². The average molecular weight is 592 g/mol. The summed E-state index contributed by atoms with van der Waals surface area (Å²) in [6.07, 6.45) is 3.30. The number of esters is 2. The molecule has 0 amide bonds. The SMILES string of the molecule is C=C(C)C(=O)OCCCN1C(=C=Cc2c(O)n(CCCC)c(=O)n(CCOC(=O)C(=C)C)c2=O)C(C)(C)c2ccccc21. The van der Waals surface area contributed by atoms with Crippen LogP contribution in [0.15, 0.2) is 69.6 Å². The zero-order valence-corrected chi connectivity index (χ0v) is 25.7. The van der Waals surface area contributed by atoms with Gasteiger partial charge in [0.2, 0.25) is 5.88 Å². The highest BCUT2D eigenvalue weighted by Gasteiger charge is 2.39. The van der Waals surface area contributed by atoms with E-state index in [-0.39, 0.29) is 37.4 Å². The van der Waals surface area contributed by atoms with E-state index >= 15 is 0 Å². The molecule has 230 valence electrons. The second-order valence-electron chi connectivity index (χ2n) is 11.1. The molecule has 0 saturated carbocycles. The summed E-state index contributed by atoms with van der Waals surface area (Å²) < 4.78 is 12.5. The molecular formula is C33H41N3O7. The fraction of sp³-hybridized carbons (Fsp3) is 0.424. The van der Waals surface area contributed by atoms with Gasteiger partial charge in [-0.2, -0.15) is 0 Å². The highest BCUT2D eigenvalue weighted by Crippen LogP contribution is 2.47. The van der Waals surface area contributed by atoms with E-state index in [9.17, 15) is 24.3 Å². The molecule has 0 fully saturated rings. The van der Waals surface area contributed by atoms with Crippen LogP contribution >= 0.6 is 0 Å². The van der Waals surface area contributed by atoms with Crippen molar-refractivity contribution >= 4 is 23.7 Å². The number of carbonyl (C=O) groups is 2. The zero-order chi connectivity index (χ0) is 31.9. The standard InChI is InChI=1S/C33H41N3O7/c1-8-9-17-35-28(37)24(29(38)36(32(35)41)19-21-43-31(40)23(4)5)15-16-27-33(6,7)25-13-10-11-14-26(25)34(27)18-12-20-42-30(39)22(2)3/h10-11,13-15,37H,2,4,8-9,12,17-21H2,1,3,5-7H3. The summed E-state index contributed by atoms with van der Waals surface area (Å²) in [5.74, 6) is -1.52. The van der Waals surface area contributed by atoms with Crippen molar-refractivity contribution in [2.45, 2.75) is 72.4 Å². The van der Waals surface area contributed by atoms with Gasteiger partial charge in [-0.15, -0.1) is 0 Å². The first kappa shape index (κ1) is 32.9. The van der Waals surface area contributed by atoms with Crippen molar-refractivity contribution in [3.63, 3.8) is 0 Å². The molecule has 0 unspecified atom stereocenters. The number of rotatable bonds is 13. The minimum Gasteiger partial charge on any atom is -0.494 e. The molecule has 10 heteroatoms. The molecule has 0 atom stereocenters. The first-order valence-corrected chi connectivity index (χ1v) is 14.4. The number of unbranched alkanes of at least 4 members (excludes halogenated alkanes) is 1. The van der Waals surface area contributed by atoms with Crippen molar-refractivity contribution in [1.29, 1.82) is 0 Å². The van der Waals surface area contributed by atoms with Crippen LogP contribution in [0.4, 0.5) is 5.69 Å². The number of aromatic nitrogens is 2. The topological polar surface area (TPSA) is 120 Å². The number of para-hydroxylation sites is 1. The van der Waals surface area contributed by atoms with E-state index < -0.39 is 34.5 Å². The van der Waals surface area contributed by atoms with Gasteiger partial charge in [0, 0.05) is 41.4 Å². The van der Waals surface area contributed by atoms with E-state index in [1.54, 1.807) is 6.92 Å². The van der Waals surface area contributed by atoms with Crippen molar-refractivity contribution in [1.82, 2.24) is 9.13 Å². The lowest BCUT2D eigenvalue weighted by atomic mass is 9.84. The molecule has 0 aliphatic carbocycles. The first-order valence-electron chi connectivity index (χ1n) is 14.4. The van der Waals surface area contributed by atoms with Crippen LogP contribution in [0.3, 0.4) is 0 Å². The summed E-state index contributed by atoms with van der Waals surface area (Å²) in [6, 6.07) is 7.91. The third-order valence-corrected chi connectivity index (χ3v) is 7.26. The Bertz CT molecular complexity index is 1600. The summed E-state index contributed by atoms with van der Waals surface area (Å²) in [6.45, 7) is 16.8. The van der Waals surface area contributed by atoms with Crippen LogP contribution in [-0.4, -0.2) is 45.9 Å². The molecule has 0 bridgehead atoms. The maximum atomic E-state index is 13.5. The van der Waals surface area contributed by atoms with Gasteiger partial charge in [-0.3, -0.25) is 13.9 Å². The average Bonchev–Trinajstić information content (AvgIpc) is 3.17. The zero-order valence-electron chi connectivity index (χ0n) is 25.7. The molecule has 0 saturated heterocycles. The fourth-order valence-electron chi connectivity index (χ4n) is 4.87. The summed E-state index contributed by atoms with van der Waals surface area (Å²) in [5.41, 5.74) is 4.53. The summed E-state index contributed by atoms with van der Waals surface area (Å²) in [7, 11) is 0. The Morgan fingerprint density at radius 2 is 1.58 bits per heavy atom. The number of nitrogens with zero attached hydrogens (tertiary/aromatic N) is 3. The van der Waals surface area contributed by atoms with Gasteiger partial charge in [0.15, 0.2) is 0 Å². The van der Waals surface area contributed by atoms with Crippen molar-refractivity contribution in [2.75, 3.05) is 24.7 Å². The molecule has 43 heavy (non-hydrogen) atoms. The van der Waals surface area contributed by atoms with Gasteiger partial charge in [-0.05, 0) is 52.2 Å². The largest absolute Gasteiger partial charge is 0.494 e. The Morgan fingerprint density at radius 1 is 0.953 bits per heavy atom. The van der Waals surface area contributed by atoms with Gasteiger partial charge in [0.1, 0.15) is 12.2 Å². The molecule has 1 aliphatic heterocycles. The lowest BCUT2D eigenvalue weighted by Gasteiger charge is -2.25.